The zero-order chi connectivity index (χ0) is 20.5. The normalized spacial score (nSPS) is 11.0. The van der Waals surface area contributed by atoms with Crippen LogP contribution in [0.5, 0.6) is 0 Å². The molecule has 27 heavy (non-hydrogen) atoms. The molecule has 0 aliphatic heterocycles. The fourth-order valence-corrected chi connectivity index (χ4v) is 5.63. The van der Waals surface area contributed by atoms with E-state index in [9.17, 15) is 34.5 Å². The van der Waals surface area contributed by atoms with Crippen LogP contribution in [0.4, 0.5) is 0 Å². The van der Waals surface area contributed by atoms with E-state index in [1.807, 2.05) is 0 Å². The van der Waals surface area contributed by atoms with Gasteiger partial charge in [-0.2, -0.15) is 0 Å². The van der Waals surface area contributed by atoms with Crippen LogP contribution in [0.3, 0.4) is 0 Å². The van der Waals surface area contributed by atoms with Crippen molar-refractivity contribution >= 4 is 42.3 Å². The summed E-state index contributed by atoms with van der Waals surface area (Å²) in [7, 11) is -2.88. The number of carboxylic acid groups (broad SMARTS) is 4. The minimum Gasteiger partial charge on any atom is -0.478 e. The fraction of sp³-hybridized carbons (Fsp3) is 0.111. The number of carboxylic acids is 4. The Morgan fingerprint density at radius 2 is 1.26 bits per heavy atom. The molecule has 0 heterocycles. The molecule has 0 saturated heterocycles. The Morgan fingerprint density at radius 3 is 1.74 bits per heavy atom. The van der Waals surface area contributed by atoms with Gasteiger partial charge in [-0.1, -0.05) is 36.5 Å². The maximum Gasteiger partial charge on any atom is 0.336 e. The van der Waals surface area contributed by atoms with Gasteiger partial charge in [-0.05, 0) is 23.4 Å². The summed E-state index contributed by atoms with van der Waals surface area (Å²) in [5, 5.41) is 38.1. The summed E-state index contributed by atoms with van der Waals surface area (Å²) in [5.74, 6) is -5.59. The summed E-state index contributed by atoms with van der Waals surface area (Å²) in [6, 6.07) is 7.96. The van der Waals surface area contributed by atoms with Crippen molar-refractivity contribution in [2.24, 2.45) is 0 Å². The fourth-order valence-electron chi connectivity index (χ4n) is 2.93. The molecule has 0 spiro atoms. The lowest BCUT2D eigenvalue weighted by Gasteiger charge is -2.26. The van der Waals surface area contributed by atoms with Crippen LogP contribution in [0.2, 0.25) is 13.1 Å². The highest BCUT2D eigenvalue weighted by atomic mass is 28.3. The number of rotatable bonds is 6. The largest absolute Gasteiger partial charge is 0.478 e. The van der Waals surface area contributed by atoms with Crippen LogP contribution in [0.25, 0.3) is 0 Å². The SMILES string of the molecule is C[Si](C)(c1ccc(C(=O)O)c(C(=O)O)c1)c1cccc(C(=O)O)c1C(=O)O. The molecule has 0 fully saturated rings. The predicted molar refractivity (Wildman–Crippen MR) is 97.5 cm³/mol. The highest BCUT2D eigenvalue weighted by Crippen LogP contribution is 2.16. The lowest BCUT2D eigenvalue weighted by Crippen LogP contribution is -2.55. The number of hydrogen-bond donors (Lipinski definition) is 4. The third kappa shape index (κ3) is 3.58. The van der Waals surface area contributed by atoms with E-state index < -0.39 is 37.5 Å². The Morgan fingerprint density at radius 1 is 0.704 bits per heavy atom. The van der Waals surface area contributed by atoms with Crippen molar-refractivity contribution in [1.82, 2.24) is 0 Å². The molecule has 2 rings (SSSR count). The Balaban J connectivity index is 2.77. The van der Waals surface area contributed by atoms with E-state index in [1.165, 1.54) is 30.3 Å². The van der Waals surface area contributed by atoms with Crippen molar-refractivity contribution < 1.29 is 39.6 Å². The molecule has 8 nitrogen and oxygen atoms in total. The number of benzene rings is 2. The molecule has 0 bridgehead atoms. The summed E-state index contributed by atoms with van der Waals surface area (Å²) in [4.78, 5) is 45.8. The van der Waals surface area contributed by atoms with Crippen molar-refractivity contribution in [2.45, 2.75) is 13.1 Å². The number of carbonyl (C=O) groups is 4. The summed E-state index contributed by atoms with van der Waals surface area (Å²) < 4.78 is 0. The van der Waals surface area contributed by atoms with Gasteiger partial charge in [-0.3, -0.25) is 0 Å². The van der Waals surface area contributed by atoms with E-state index in [4.69, 9.17) is 5.11 Å². The number of aromatic carboxylic acids is 4. The molecular formula is C18H16O8Si. The summed E-state index contributed by atoms with van der Waals surface area (Å²) in [6.45, 7) is 3.48. The molecule has 9 heteroatoms. The van der Waals surface area contributed by atoms with Crippen LogP contribution in [0.1, 0.15) is 41.4 Å². The van der Waals surface area contributed by atoms with E-state index in [2.05, 4.69) is 0 Å². The molecule has 0 aliphatic rings. The first-order chi connectivity index (χ1) is 12.5. The second-order valence-corrected chi connectivity index (χ2v) is 10.7. The molecule has 2 aromatic carbocycles. The van der Waals surface area contributed by atoms with Gasteiger partial charge in [0, 0.05) is 0 Å². The Labute approximate surface area is 154 Å². The van der Waals surface area contributed by atoms with Crippen molar-refractivity contribution in [2.75, 3.05) is 0 Å². The van der Waals surface area contributed by atoms with Gasteiger partial charge in [0.1, 0.15) is 8.07 Å². The van der Waals surface area contributed by atoms with Crippen molar-refractivity contribution in [3.63, 3.8) is 0 Å². The summed E-state index contributed by atoms with van der Waals surface area (Å²) >= 11 is 0. The monoisotopic (exact) mass is 388 g/mol. The van der Waals surface area contributed by atoms with E-state index in [0.29, 0.717) is 10.4 Å². The molecule has 2 aromatic rings. The lowest BCUT2D eigenvalue weighted by atomic mass is 10.1. The molecule has 0 saturated carbocycles. The Hall–Kier alpha value is -3.46. The second kappa shape index (κ2) is 7.04. The summed E-state index contributed by atoms with van der Waals surface area (Å²) in [6.07, 6.45) is 0. The maximum absolute atomic E-state index is 11.7. The molecule has 4 N–H and O–H groups in total. The molecule has 0 amide bonds. The predicted octanol–water partition coefficient (Wildman–Crippen LogP) is 1.30. The molecule has 0 aliphatic carbocycles. The van der Waals surface area contributed by atoms with Gasteiger partial charge < -0.3 is 20.4 Å². The van der Waals surface area contributed by atoms with Crippen LogP contribution in [-0.2, 0) is 0 Å². The first kappa shape index (κ1) is 19.9. The molecular weight excluding hydrogens is 372 g/mol. The van der Waals surface area contributed by atoms with E-state index in [-0.39, 0.29) is 16.7 Å². The average Bonchev–Trinajstić information content (AvgIpc) is 2.60. The van der Waals surface area contributed by atoms with Crippen molar-refractivity contribution in [3.8, 4) is 0 Å². The standard InChI is InChI=1S/C18H16O8Si/c1-27(2,9-6-7-10(15(19)20)12(8-9)17(23)24)13-5-3-4-11(16(21)22)14(13)18(25)26/h3-8H,1-2H3,(H,19,20)(H,21,22)(H,23,24)(H,25,26). The Bertz CT molecular complexity index is 977. The molecule has 0 atom stereocenters. The highest BCUT2D eigenvalue weighted by molar-refractivity contribution is 7.01. The van der Waals surface area contributed by atoms with E-state index >= 15 is 0 Å². The zero-order valence-electron chi connectivity index (χ0n) is 14.4. The average molecular weight is 388 g/mol. The van der Waals surface area contributed by atoms with Crippen LogP contribution in [0.15, 0.2) is 36.4 Å². The highest BCUT2D eigenvalue weighted by Gasteiger charge is 2.34. The van der Waals surface area contributed by atoms with Gasteiger partial charge in [0.2, 0.25) is 0 Å². The topological polar surface area (TPSA) is 149 Å². The van der Waals surface area contributed by atoms with E-state index in [0.717, 1.165) is 6.07 Å². The minimum atomic E-state index is -2.88. The smallest absolute Gasteiger partial charge is 0.336 e. The molecule has 140 valence electrons. The van der Waals surface area contributed by atoms with Crippen molar-refractivity contribution in [1.29, 1.82) is 0 Å². The first-order valence-corrected chi connectivity index (χ1v) is 10.7. The van der Waals surface area contributed by atoms with Gasteiger partial charge in [0.25, 0.3) is 0 Å². The molecule has 0 aromatic heterocycles. The maximum atomic E-state index is 11.7. The quantitative estimate of drug-likeness (QED) is 0.541. The second-order valence-electron chi connectivity index (χ2n) is 6.33. The van der Waals surface area contributed by atoms with Gasteiger partial charge >= 0.3 is 23.9 Å². The van der Waals surface area contributed by atoms with Crippen LogP contribution < -0.4 is 10.4 Å². The lowest BCUT2D eigenvalue weighted by molar-refractivity contribution is 0.0651. The van der Waals surface area contributed by atoms with Crippen LogP contribution in [0, 0.1) is 0 Å². The van der Waals surface area contributed by atoms with Gasteiger partial charge in [-0.15, -0.1) is 0 Å². The third-order valence-electron chi connectivity index (χ3n) is 4.38. The molecule has 0 unspecified atom stereocenters. The van der Waals surface area contributed by atoms with Crippen LogP contribution in [-0.4, -0.2) is 52.4 Å². The van der Waals surface area contributed by atoms with Crippen LogP contribution >= 0.6 is 0 Å². The Kier molecular flexibility index (Phi) is 5.18. The van der Waals surface area contributed by atoms with Gasteiger partial charge in [0.05, 0.1) is 22.3 Å². The van der Waals surface area contributed by atoms with Gasteiger partial charge in [-0.25, -0.2) is 19.2 Å². The third-order valence-corrected chi connectivity index (χ3v) is 7.90. The minimum absolute atomic E-state index is 0.300. The van der Waals surface area contributed by atoms with Crippen molar-refractivity contribution in [3.05, 3.63) is 58.7 Å². The number of hydrogen-bond acceptors (Lipinski definition) is 4. The summed E-state index contributed by atoms with van der Waals surface area (Å²) in [5.41, 5.74) is -1.50. The van der Waals surface area contributed by atoms with Gasteiger partial charge in [0.15, 0.2) is 0 Å². The molecule has 0 radical (unpaired) electrons. The van der Waals surface area contributed by atoms with E-state index in [1.54, 1.807) is 13.1 Å². The first-order valence-electron chi connectivity index (χ1n) is 7.69. The zero-order valence-corrected chi connectivity index (χ0v) is 15.4.